The first-order valence-corrected chi connectivity index (χ1v) is 11.9. The highest BCUT2D eigenvalue weighted by Crippen LogP contribution is 2.09. The van der Waals surface area contributed by atoms with Crippen molar-refractivity contribution < 1.29 is 4.21 Å². The fraction of sp³-hybridized carbons (Fsp3) is 0.435. The van der Waals surface area contributed by atoms with E-state index in [1.807, 2.05) is 30.3 Å². The van der Waals surface area contributed by atoms with E-state index in [-0.39, 0.29) is 0 Å². The predicted octanol–water partition coefficient (Wildman–Crippen LogP) is 2.72. The third-order valence-electron chi connectivity index (χ3n) is 5.01. The van der Waals surface area contributed by atoms with E-state index in [1.54, 1.807) is 0 Å². The molecule has 1 heterocycles. The SMILES string of the molecule is CCNC(=NCCS(=O)Cc1ccccc1)N1CCN(Cc2ccccc2)CC1. The standard InChI is InChI=1S/C23H32N4OS/c1-2-24-23(25-13-18-29(28)20-22-11-7-4-8-12-22)27-16-14-26(15-17-27)19-21-9-5-3-6-10-21/h3-12H,2,13-20H2,1H3,(H,24,25). The van der Waals surface area contributed by atoms with Crippen LogP contribution < -0.4 is 5.32 Å². The molecule has 1 unspecified atom stereocenters. The third-order valence-corrected chi connectivity index (χ3v) is 6.30. The summed E-state index contributed by atoms with van der Waals surface area (Å²) in [6.45, 7) is 8.51. The van der Waals surface area contributed by atoms with Crippen LogP contribution in [0.15, 0.2) is 65.7 Å². The average molecular weight is 413 g/mol. The molecule has 2 aromatic rings. The second kappa shape index (κ2) is 11.7. The minimum atomic E-state index is -0.886. The van der Waals surface area contributed by atoms with Crippen molar-refractivity contribution in [2.45, 2.75) is 19.2 Å². The molecule has 5 nitrogen and oxygen atoms in total. The Kier molecular flexibility index (Phi) is 8.71. The van der Waals surface area contributed by atoms with E-state index < -0.39 is 10.8 Å². The van der Waals surface area contributed by atoms with Crippen LogP contribution in [0.4, 0.5) is 0 Å². The molecule has 0 aliphatic carbocycles. The van der Waals surface area contributed by atoms with E-state index >= 15 is 0 Å². The summed E-state index contributed by atoms with van der Waals surface area (Å²) in [6.07, 6.45) is 0. The first-order chi connectivity index (χ1) is 14.2. The van der Waals surface area contributed by atoms with Crippen molar-refractivity contribution in [3.63, 3.8) is 0 Å². The van der Waals surface area contributed by atoms with E-state index in [2.05, 4.69) is 52.4 Å². The zero-order valence-electron chi connectivity index (χ0n) is 17.3. The van der Waals surface area contributed by atoms with Crippen LogP contribution in [0.5, 0.6) is 0 Å². The number of piperazine rings is 1. The number of hydrogen-bond acceptors (Lipinski definition) is 3. The van der Waals surface area contributed by atoms with Crippen molar-refractivity contribution in [3.05, 3.63) is 71.8 Å². The number of hydrogen-bond donors (Lipinski definition) is 1. The zero-order chi connectivity index (χ0) is 20.3. The van der Waals surface area contributed by atoms with Gasteiger partial charge in [-0.1, -0.05) is 60.7 Å². The Hall–Kier alpha value is -2.18. The Morgan fingerprint density at radius 3 is 2.21 bits per heavy atom. The Morgan fingerprint density at radius 2 is 1.59 bits per heavy atom. The van der Waals surface area contributed by atoms with Gasteiger partial charge in [0.2, 0.25) is 0 Å². The molecule has 156 valence electrons. The maximum Gasteiger partial charge on any atom is 0.194 e. The molecule has 3 rings (SSSR count). The summed E-state index contributed by atoms with van der Waals surface area (Å²) >= 11 is 0. The lowest BCUT2D eigenvalue weighted by atomic mass is 10.2. The first-order valence-electron chi connectivity index (χ1n) is 10.4. The van der Waals surface area contributed by atoms with E-state index in [0.29, 0.717) is 18.1 Å². The lowest BCUT2D eigenvalue weighted by molar-refractivity contribution is 0.172. The average Bonchev–Trinajstić information content (AvgIpc) is 2.75. The summed E-state index contributed by atoms with van der Waals surface area (Å²) < 4.78 is 12.3. The third kappa shape index (κ3) is 7.29. The normalized spacial score (nSPS) is 16.6. The van der Waals surface area contributed by atoms with Crippen molar-refractivity contribution in [3.8, 4) is 0 Å². The molecule has 0 aromatic heterocycles. The molecule has 0 bridgehead atoms. The van der Waals surface area contributed by atoms with Crippen LogP contribution >= 0.6 is 0 Å². The molecule has 1 aliphatic heterocycles. The maximum atomic E-state index is 12.3. The lowest BCUT2D eigenvalue weighted by Gasteiger charge is -2.36. The second-order valence-electron chi connectivity index (χ2n) is 7.26. The molecule has 1 saturated heterocycles. The Bertz CT molecular complexity index is 774. The number of benzene rings is 2. The molecule has 1 fully saturated rings. The van der Waals surface area contributed by atoms with Crippen molar-refractivity contribution in [1.82, 2.24) is 15.1 Å². The van der Waals surface area contributed by atoms with Crippen LogP contribution in [-0.4, -0.2) is 65.0 Å². The Labute approximate surface area is 177 Å². The minimum absolute atomic E-state index is 0.589. The van der Waals surface area contributed by atoms with Crippen molar-refractivity contribution >= 4 is 16.8 Å². The van der Waals surface area contributed by atoms with Crippen molar-refractivity contribution in [1.29, 1.82) is 0 Å². The lowest BCUT2D eigenvalue weighted by Crippen LogP contribution is -2.52. The summed E-state index contributed by atoms with van der Waals surface area (Å²) in [5.74, 6) is 2.14. The van der Waals surface area contributed by atoms with Gasteiger partial charge in [0, 0.05) is 61.6 Å². The molecule has 0 saturated carbocycles. The van der Waals surface area contributed by atoms with Crippen LogP contribution in [0.3, 0.4) is 0 Å². The van der Waals surface area contributed by atoms with Crippen LogP contribution in [0.1, 0.15) is 18.1 Å². The van der Waals surface area contributed by atoms with Gasteiger partial charge in [0.05, 0.1) is 6.54 Å². The van der Waals surface area contributed by atoms with Crippen molar-refractivity contribution in [2.75, 3.05) is 45.0 Å². The summed E-state index contributed by atoms with van der Waals surface area (Å²) in [7, 11) is -0.886. The van der Waals surface area contributed by atoms with Gasteiger partial charge in [-0.05, 0) is 18.1 Å². The van der Waals surface area contributed by atoms with Gasteiger partial charge in [0.1, 0.15) is 0 Å². The second-order valence-corrected chi connectivity index (χ2v) is 8.83. The van der Waals surface area contributed by atoms with E-state index in [0.717, 1.165) is 50.8 Å². The van der Waals surface area contributed by atoms with E-state index in [1.165, 1.54) is 5.56 Å². The molecule has 1 atom stereocenters. The Balaban J connectivity index is 1.46. The minimum Gasteiger partial charge on any atom is -0.357 e. The van der Waals surface area contributed by atoms with Crippen LogP contribution in [0.2, 0.25) is 0 Å². The zero-order valence-corrected chi connectivity index (χ0v) is 18.1. The van der Waals surface area contributed by atoms with Crippen LogP contribution in [-0.2, 0) is 23.1 Å². The molecule has 1 aliphatic rings. The molecular formula is C23H32N4OS. The first kappa shape index (κ1) is 21.5. The fourth-order valence-corrected chi connectivity index (χ4v) is 4.47. The highest BCUT2D eigenvalue weighted by molar-refractivity contribution is 7.84. The highest BCUT2D eigenvalue weighted by Gasteiger charge is 2.19. The van der Waals surface area contributed by atoms with Gasteiger partial charge in [-0.15, -0.1) is 0 Å². The monoisotopic (exact) mass is 412 g/mol. The summed E-state index contributed by atoms with van der Waals surface area (Å²) in [5.41, 5.74) is 2.48. The topological polar surface area (TPSA) is 47.9 Å². The molecule has 6 heteroatoms. The quantitative estimate of drug-likeness (QED) is 0.535. The molecule has 0 spiro atoms. The van der Waals surface area contributed by atoms with Crippen LogP contribution in [0.25, 0.3) is 0 Å². The summed E-state index contributed by atoms with van der Waals surface area (Å²) in [4.78, 5) is 9.56. The summed E-state index contributed by atoms with van der Waals surface area (Å²) in [5, 5.41) is 3.40. The number of nitrogens with zero attached hydrogens (tertiary/aromatic N) is 3. The predicted molar refractivity (Wildman–Crippen MR) is 122 cm³/mol. The van der Waals surface area contributed by atoms with E-state index in [4.69, 9.17) is 4.99 Å². The number of rotatable bonds is 8. The highest BCUT2D eigenvalue weighted by atomic mass is 32.2. The van der Waals surface area contributed by atoms with Gasteiger partial charge in [-0.3, -0.25) is 14.1 Å². The molecular weight excluding hydrogens is 380 g/mol. The number of guanidine groups is 1. The largest absolute Gasteiger partial charge is 0.357 e. The van der Waals surface area contributed by atoms with Gasteiger partial charge in [0.25, 0.3) is 0 Å². The van der Waals surface area contributed by atoms with Gasteiger partial charge in [-0.25, -0.2) is 0 Å². The fourth-order valence-electron chi connectivity index (χ4n) is 3.47. The maximum absolute atomic E-state index is 12.3. The van der Waals surface area contributed by atoms with E-state index in [9.17, 15) is 4.21 Å². The van der Waals surface area contributed by atoms with Crippen LogP contribution in [0, 0.1) is 0 Å². The van der Waals surface area contributed by atoms with Gasteiger partial charge < -0.3 is 10.2 Å². The van der Waals surface area contributed by atoms with Gasteiger partial charge in [-0.2, -0.15) is 0 Å². The van der Waals surface area contributed by atoms with Gasteiger partial charge >= 0.3 is 0 Å². The number of aliphatic imine (C=N–C) groups is 1. The molecule has 29 heavy (non-hydrogen) atoms. The van der Waals surface area contributed by atoms with Crippen molar-refractivity contribution in [2.24, 2.45) is 4.99 Å². The van der Waals surface area contributed by atoms with Gasteiger partial charge in [0.15, 0.2) is 5.96 Å². The Morgan fingerprint density at radius 1 is 0.966 bits per heavy atom. The molecule has 2 aromatic carbocycles. The molecule has 1 N–H and O–H groups in total. The summed E-state index contributed by atoms with van der Waals surface area (Å²) in [6, 6.07) is 20.7. The smallest absolute Gasteiger partial charge is 0.194 e. The molecule has 0 amide bonds. The molecule has 0 radical (unpaired) electrons. The number of nitrogens with one attached hydrogen (secondary N) is 1.